The van der Waals surface area contributed by atoms with Gasteiger partial charge in [0.05, 0.1) is 23.4 Å². The SMILES string of the molecule is O=C(NC[C@@](O)(c1ccco1)C1CC1)c1c(F)cccc1Cl. The predicted octanol–water partition coefficient (Wildman–Crippen LogP) is 3.10. The lowest BCUT2D eigenvalue weighted by Crippen LogP contribution is -2.42. The maximum atomic E-state index is 13.7. The van der Waals surface area contributed by atoms with Crippen LogP contribution in [-0.4, -0.2) is 17.6 Å². The Morgan fingerprint density at radius 3 is 2.77 bits per heavy atom. The van der Waals surface area contributed by atoms with Gasteiger partial charge in [0.2, 0.25) is 0 Å². The van der Waals surface area contributed by atoms with Gasteiger partial charge in [-0.25, -0.2) is 4.39 Å². The summed E-state index contributed by atoms with van der Waals surface area (Å²) in [6.07, 6.45) is 3.18. The van der Waals surface area contributed by atoms with Crippen LogP contribution in [0.3, 0.4) is 0 Å². The van der Waals surface area contributed by atoms with Crippen LogP contribution in [0.2, 0.25) is 5.02 Å². The van der Waals surface area contributed by atoms with Crippen LogP contribution in [0, 0.1) is 11.7 Å². The molecule has 0 radical (unpaired) electrons. The Labute approximate surface area is 131 Å². The Bertz CT molecular complexity index is 664. The van der Waals surface area contributed by atoms with Crippen molar-refractivity contribution < 1.29 is 18.7 Å². The molecule has 1 aliphatic carbocycles. The van der Waals surface area contributed by atoms with E-state index in [2.05, 4.69) is 5.32 Å². The fourth-order valence-corrected chi connectivity index (χ4v) is 2.79. The van der Waals surface area contributed by atoms with Crippen molar-refractivity contribution in [2.45, 2.75) is 18.4 Å². The molecule has 6 heteroatoms. The molecule has 2 N–H and O–H groups in total. The Kier molecular flexibility index (Phi) is 3.93. The number of hydrogen-bond acceptors (Lipinski definition) is 3. The number of hydrogen-bond donors (Lipinski definition) is 2. The third-order valence-electron chi connectivity index (χ3n) is 3.91. The molecule has 3 rings (SSSR count). The summed E-state index contributed by atoms with van der Waals surface area (Å²) in [5, 5.41) is 13.4. The highest BCUT2D eigenvalue weighted by atomic mass is 35.5. The molecule has 4 nitrogen and oxygen atoms in total. The molecule has 2 aromatic rings. The minimum absolute atomic E-state index is 0.0232. The zero-order valence-corrected chi connectivity index (χ0v) is 12.4. The Balaban J connectivity index is 1.77. The van der Waals surface area contributed by atoms with Crippen molar-refractivity contribution in [2.24, 2.45) is 5.92 Å². The third kappa shape index (κ3) is 2.74. The summed E-state index contributed by atoms with van der Waals surface area (Å²) in [4.78, 5) is 12.2. The first-order chi connectivity index (χ1) is 10.5. The van der Waals surface area contributed by atoms with Crippen molar-refractivity contribution >= 4 is 17.5 Å². The van der Waals surface area contributed by atoms with Crippen LogP contribution in [0.25, 0.3) is 0 Å². The zero-order valence-electron chi connectivity index (χ0n) is 11.7. The molecular formula is C16H15ClFNO3. The minimum Gasteiger partial charge on any atom is -0.466 e. The van der Waals surface area contributed by atoms with Crippen molar-refractivity contribution in [3.63, 3.8) is 0 Å². The van der Waals surface area contributed by atoms with Crippen LogP contribution in [0.4, 0.5) is 4.39 Å². The molecule has 0 aliphatic heterocycles. The van der Waals surface area contributed by atoms with E-state index in [1.54, 1.807) is 12.1 Å². The number of amides is 1. The van der Waals surface area contributed by atoms with E-state index < -0.39 is 17.3 Å². The molecule has 22 heavy (non-hydrogen) atoms. The summed E-state index contributed by atoms with van der Waals surface area (Å²) in [6, 6.07) is 7.39. The van der Waals surface area contributed by atoms with Crippen LogP contribution >= 0.6 is 11.6 Å². The Hall–Kier alpha value is -1.85. The number of halogens is 2. The quantitative estimate of drug-likeness (QED) is 0.888. The van der Waals surface area contributed by atoms with Gasteiger partial charge in [-0.3, -0.25) is 4.79 Å². The van der Waals surface area contributed by atoms with Gasteiger partial charge in [-0.2, -0.15) is 0 Å². The summed E-state index contributed by atoms with van der Waals surface area (Å²) >= 11 is 5.87. The third-order valence-corrected chi connectivity index (χ3v) is 4.22. The lowest BCUT2D eigenvalue weighted by molar-refractivity contribution is -0.00614. The van der Waals surface area contributed by atoms with E-state index in [-0.39, 0.29) is 23.0 Å². The minimum atomic E-state index is -1.28. The van der Waals surface area contributed by atoms with Crippen LogP contribution in [0.5, 0.6) is 0 Å². The standard InChI is InChI=1S/C16H15ClFNO3/c17-11-3-1-4-12(18)14(11)15(20)19-9-16(21,10-6-7-10)13-5-2-8-22-13/h1-5,8,10,21H,6-7,9H2,(H,19,20)/t16-/m0/s1. The first-order valence-electron chi connectivity index (χ1n) is 7.01. The molecule has 1 heterocycles. The number of carbonyl (C=O) groups excluding carboxylic acids is 1. The van der Waals surface area contributed by atoms with E-state index in [1.165, 1.54) is 24.5 Å². The topological polar surface area (TPSA) is 62.5 Å². The van der Waals surface area contributed by atoms with Gasteiger partial charge in [0, 0.05) is 0 Å². The molecule has 116 valence electrons. The van der Waals surface area contributed by atoms with Crippen molar-refractivity contribution in [2.75, 3.05) is 6.54 Å². The van der Waals surface area contributed by atoms with E-state index in [4.69, 9.17) is 16.0 Å². The van der Waals surface area contributed by atoms with E-state index in [0.717, 1.165) is 12.8 Å². The van der Waals surface area contributed by atoms with Crippen LogP contribution in [0.1, 0.15) is 29.0 Å². The molecule has 0 saturated heterocycles. The first kappa shape index (κ1) is 15.1. The average Bonchev–Trinajstić information content (AvgIpc) is 3.20. The summed E-state index contributed by atoms with van der Waals surface area (Å²) < 4.78 is 19.0. The number of nitrogens with one attached hydrogen (secondary N) is 1. The zero-order chi connectivity index (χ0) is 15.7. The molecule has 1 aromatic heterocycles. The number of benzene rings is 1. The van der Waals surface area contributed by atoms with Gasteiger partial charge in [0.15, 0.2) is 0 Å². The van der Waals surface area contributed by atoms with Gasteiger partial charge in [-0.15, -0.1) is 0 Å². The van der Waals surface area contributed by atoms with E-state index in [9.17, 15) is 14.3 Å². The highest BCUT2D eigenvalue weighted by Crippen LogP contribution is 2.45. The van der Waals surface area contributed by atoms with E-state index in [0.29, 0.717) is 5.76 Å². The summed E-state index contributed by atoms with van der Waals surface area (Å²) in [5.74, 6) is -0.934. The van der Waals surface area contributed by atoms with Crippen molar-refractivity contribution in [1.82, 2.24) is 5.32 Å². The number of carbonyl (C=O) groups is 1. The van der Waals surface area contributed by atoms with Crippen molar-refractivity contribution in [3.8, 4) is 0 Å². The fraction of sp³-hybridized carbons (Fsp3) is 0.312. The molecule has 0 spiro atoms. The van der Waals surface area contributed by atoms with Crippen LogP contribution in [-0.2, 0) is 5.60 Å². The summed E-state index contributed by atoms with van der Waals surface area (Å²) in [6.45, 7) is -0.0608. The molecular weight excluding hydrogens is 309 g/mol. The normalized spacial score (nSPS) is 17.0. The largest absolute Gasteiger partial charge is 0.466 e. The van der Waals surface area contributed by atoms with E-state index in [1.807, 2.05) is 0 Å². The Morgan fingerprint density at radius 2 is 2.18 bits per heavy atom. The highest BCUT2D eigenvalue weighted by molar-refractivity contribution is 6.33. The lowest BCUT2D eigenvalue weighted by Gasteiger charge is -2.26. The molecule has 0 unspecified atom stereocenters. The van der Waals surface area contributed by atoms with Gasteiger partial charge < -0.3 is 14.8 Å². The van der Waals surface area contributed by atoms with Gasteiger partial charge in [-0.05, 0) is 43.0 Å². The monoisotopic (exact) mass is 323 g/mol. The number of rotatable bonds is 5. The summed E-state index contributed by atoms with van der Waals surface area (Å²) in [7, 11) is 0. The second kappa shape index (κ2) is 5.74. The van der Waals surface area contributed by atoms with Crippen molar-refractivity contribution in [3.05, 3.63) is 58.8 Å². The van der Waals surface area contributed by atoms with Crippen molar-refractivity contribution in [1.29, 1.82) is 0 Å². The smallest absolute Gasteiger partial charge is 0.255 e. The number of furan rings is 1. The molecule has 1 atom stereocenters. The number of aliphatic hydroxyl groups is 1. The van der Waals surface area contributed by atoms with E-state index >= 15 is 0 Å². The second-order valence-corrected chi connectivity index (χ2v) is 5.86. The second-order valence-electron chi connectivity index (χ2n) is 5.46. The maximum Gasteiger partial charge on any atom is 0.255 e. The predicted molar refractivity (Wildman–Crippen MR) is 79.1 cm³/mol. The average molecular weight is 324 g/mol. The van der Waals surface area contributed by atoms with Gasteiger partial charge in [-0.1, -0.05) is 17.7 Å². The van der Waals surface area contributed by atoms with Crippen LogP contribution in [0.15, 0.2) is 41.0 Å². The fourth-order valence-electron chi connectivity index (χ4n) is 2.54. The molecule has 1 fully saturated rings. The molecule has 0 bridgehead atoms. The lowest BCUT2D eigenvalue weighted by atomic mass is 9.94. The molecule has 1 saturated carbocycles. The Morgan fingerprint density at radius 1 is 1.41 bits per heavy atom. The molecule has 1 aromatic carbocycles. The maximum absolute atomic E-state index is 13.7. The van der Waals surface area contributed by atoms with Crippen LogP contribution < -0.4 is 5.32 Å². The van der Waals surface area contributed by atoms with Gasteiger partial charge in [0.25, 0.3) is 5.91 Å². The summed E-state index contributed by atoms with van der Waals surface area (Å²) in [5.41, 5.74) is -1.50. The highest BCUT2D eigenvalue weighted by Gasteiger charge is 2.47. The molecule has 1 amide bonds. The van der Waals surface area contributed by atoms with Gasteiger partial charge >= 0.3 is 0 Å². The first-order valence-corrected chi connectivity index (χ1v) is 7.39. The molecule has 1 aliphatic rings. The van der Waals surface area contributed by atoms with Gasteiger partial charge in [0.1, 0.15) is 17.2 Å².